The summed E-state index contributed by atoms with van der Waals surface area (Å²) in [6.45, 7) is 8.54. The standard InChI is InChI=1S/C16H21BrN2/c1-16(2)12-8-19-9-13(18-7-14(19)15(12)16)10-3-5-11(17)6-4-10/h3-6,12-15,18H,7-9H2,1-2H3/t12-,13+,14+,15-/m1/s1. The number of nitrogens with zero attached hydrogens (tertiary/aromatic N) is 1. The summed E-state index contributed by atoms with van der Waals surface area (Å²) in [5.74, 6) is 1.88. The Balaban J connectivity index is 1.49. The van der Waals surface area contributed by atoms with Gasteiger partial charge in [0.05, 0.1) is 0 Å². The van der Waals surface area contributed by atoms with Gasteiger partial charge in [-0.1, -0.05) is 41.9 Å². The van der Waals surface area contributed by atoms with Crippen molar-refractivity contribution in [3.8, 4) is 0 Å². The van der Waals surface area contributed by atoms with E-state index in [-0.39, 0.29) is 0 Å². The Bertz CT molecular complexity index is 496. The number of piperazine rings is 1. The highest BCUT2D eigenvalue weighted by Crippen LogP contribution is 2.65. The summed E-state index contributed by atoms with van der Waals surface area (Å²) in [7, 11) is 0. The molecule has 2 saturated heterocycles. The van der Waals surface area contributed by atoms with Crippen LogP contribution in [0.4, 0.5) is 0 Å². The van der Waals surface area contributed by atoms with Gasteiger partial charge in [-0.05, 0) is 34.9 Å². The first kappa shape index (κ1) is 12.4. The summed E-state index contributed by atoms with van der Waals surface area (Å²) in [6, 6.07) is 10.1. The zero-order valence-electron chi connectivity index (χ0n) is 11.6. The Morgan fingerprint density at radius 2 is 1.95 bits per heavy atom. The number of hydrogen-bond donors (Lipinski definition) is 1. The highest BCUT2D eigenvalue weighted by atomic mass is 79.9. The number of halogens is 1. The second-order valence-electron chi connectivity index (χ2n) is 6.99. The lowest BCUT2D eigenvalue weighted by atomic mass is 9.96. The van der Waals surface area contributed by atoms with Crippen LogP contribution < -0.4 is 5.32 Å². The minimum absolute atomic E-state index is 0.505. The molecule has 2 aliphatic heterocycles. The minimum Gasteiger partial charge on any atom is -0.307 e. The molecule has 3 fully saturated rings. The summed E-state index contributed by atoms with van der Waals surface area (Å²) < 4.78 is 1.16. The molecule has 1 saturated carbocycles. The predicted molar refractivity (Wildman–Crippen MR) is 81.0 cm³/mol. The summed E-state index contributed by atoms with van der Waals surface area (Å²) in [5.41, 5.74) is 2.02. The third kappa shape index (κ3) is 1.82. The first-order valence-corrected chi connectivity index (χ1v) is 8.09. The number of rotatable bonds is 1. The lowest BCUT2D eigenvalue weighted by Crippen LogP contribution is -2.52. The van der Waals surface area contributed by atoms with Crippen LogP contribution in [0.25, 0.3) is 0 Å². The average molecular weight is 321 g/mol. The van der Waals surface area contributed by atoms with Crippen LogP contribution in [0.2, 0.25) is 0 Å². The highest BCUT2D eigenvalue weighted by molar-refractivity contribution is 9.10. The second kappa shape index (κ2) is 4.06. The molecule has 19 heavy (non-hydrogen) atoms. The quantitative estimate of drug-likeness (QED) is 0.855. The van der Waals surface area contributed by atoms with E-state index in [0.29, 0.717) is 11.5 Å². The lowest BCUT2D eigenvalue weighted by molar-refractivity contribution is 0.124. The minimum atomic E-state index is 0.505. The van der Waals surface area contributed by atoms with Crippen molar-refractivity contribution in [2.24, 2.45) is 17.3 Å². The van der Waals surface area contributed by atoms with Crippen LogP contribution in [0.15, 0.2) is 28.7 Å². The van der Waals surface area contributed by atoms with E-state index in [0.717, 1.165) is 28.9 Å². The zero-order chi connectivity index (χ0) is 13.2. The van der Waals surface area contributed by atoms with E-state index in [4.69, 9.17) is 0 Å². The van der Waals surface area contributed by atoms with Crippen LogP contribution >= 0.6 is 15.9 Å². The topological polar surface area (TPSA) is 15.3 Å². The Hall–Kier alpha value is -0.380. The van der Waals surface area contributed by atoms with Crippen LogP contribution in [0.1, 0.15) is 25.5 Å². The van der Waals surface area contributed by atoms with Crippen LogP contribution in [0, 0.1) is 17.3 Å². The lowest BCUT2D eigenvalue weighted by Gasteiger charge is -2.39. The summed E-state index contributed by atoms with van der Waals surface area (Å²) in [6.07, 6.45) is 0. The van der Waals surface area contributed by atoms with Crippen molar-refractivity contribution in [2.45, 2.75) is 25.9 Å². The average Bonchev–Trinajstić information content (AvgIpc) is 2.77. The van der Waals surface area contributed by atoms with E-state index in [1.807, 2.05) is 0 Å². The van der Waals surface area contributed by atoms with Crippen molar-refractivity contribution < 1.29 is 0 Å². The molecule has 0 radical (unpaired) electrons. The molecule has 2 heterocycles. The summed E-state index contributed by atoms with van der Waals surface area (Å²) >= 11 is 3.51. The fourth-order valence-corrected chi connectivity index (χ4v) is 4.73. The van der Waals surface area contributed by atoms with E-state index in [9.17, 15) is 0 Å². The largest absolute Gasteiger partial charge is 0.307 e. The smallest absolute Gasteiger partial charge is 0.0449 e. The maximum Gasteiger partial charge on any atom is 0.0449 e. The molecule has 3 aliphatic rings. The third-order valence-corrected chi connectivity index (χ3v) is 6.25. The van der Waals surface area contributed by atoms with Gasteiger partial charge < -0.3 is 5.32 Å². The molecule has 3 heteroatoms. The van der Waals surface area contributed by atoms with Gasteiger partial charge in [-0.3, -0.25) is 4.90 Å². The van der Waals surface area contributed by atoms with E-state index in [2.05, 4.69) is 64.3 Å². The highest BCUT2D eigenvalue weighted by Gasteiger charge is 2.66. The maximum atomic E-state index is 3.76. The van der Waals surface area contributed by atoms with Crippen molar-refractivity contribution >= 4 is 15.9 Å². The first-order chi connectivity index (χ1) is 9.07. The van der Waals surface area contributed by atoms with Crippen molar-refractivity contribution in [3.63, 3.8) is 0 Å². The van der Waals surface area contributed by atoms with E-state index >= 15 is 0 Å². The second-order valence-corrected chi connectivity index (χ2v) is 7.90. The number of benzene rings is 1. The molecule has 1 aliphatic carbocycles. The molecule has 102 valence electrons. The number of fused-ring (bicyclic) bond motifs is 3. The summed E-state index contributed by atoms with van der Waals surface area (Å²) in [4.78, 5) is 2.73. The molecule has 1 aromatic rings. The Kier molecular flexibility index (Phi) is 2.64. The normalized spacial score (nSPS) is 39.7. The van der Waals surface area contributed by atoms with Crippen LogP contribution in [-0.2, 0) is 0 Å². The van der Waals surface area contributed by atoms with E-state index < -0.39 is 0 Å². The molecular weight excluding hydrogens is 300 g/mol. The molecule has 0 unspecified atom stereocenters. The molecule has 1 N–H and O–H groups in total. The van der Waals surface area contributed by atoms with Gasteiger partial charge in [0.1, 0.15) is 0 Å². The molecule has 2 nitrogen and oxygen atoms in total. The molecule has 0 spiro atoms. The van der Waals surface area contributed by atoms with Crippen molar-refractivity contribution in [1.29, 1.82) is 0 Å². The maximum absolute atomic E-state index is 3.76. The molecule has 0 bridgehead atoms. The monoisotopic (exact) mass is 320 g/mol. The molecule has 0 aromatic heterocycles. The van der Waals surface area contributed by atoms with Gasteiger partial charge in [0.15, 0.2) is 0 Å². The Morgan fingerprint density at radius 1 is 1.21 bits per heavy atom. The van der Waals surface area contributed by atoms with E-state index in [1.54, 1.807) is 0 Å². The third-order valence-electron chi connectivity index (χ3n) is 5.72. The van der Waals surface area contributed by atoms with Gasteiger partial charge in [-0.2, -0.15) is 0 Å². The molecule has 4 atom stereocenters. The molecular formula is C16H21BrN2. The molecule has 1 aromatic carbocycles. The predicted octanol–water partition coefficient (Wildman–Crippen LogP) is 3.05. The van der Waals surface area contributed by atoms with Crippen LogP contribution in [0.3, 0.4) is 0 Å². The number of hydrogen-bond acceptors (Lipinski definition) is 2. The Morgan fingerprint density at radius 3 is 2.68 bits per heavy atom. The molecule has 0 amide bonds. The van der Waals surface area contributed by atoms with Crippen LogP contribution in [-0.4, -0.2) is 30.6 Å². The van der Waals surface area contributed by atoms with Gasteiger partial charge in [0, 0.05) is 36.2 Å². The van der Waals surface area contributed by atoms with E-state index in [1.165, 1.54) is 18.7 Å². The molecule has 4 rings (SSSR count). The van der Waals surface area contributed by atoms with Gasteiger partial charge in [-0.15, -0.1) is 0 Å². The van der Waals surface area contributed by atoms with Gasteiger partial charge in [0.25, 0.3) is 0 Å². The Labute approximate surface area is 123 Å². The summed E-state index contributed by atoms with van der Waals surface area (Å²) in [5, 5.41) is 3.76. The fraction of sp³-hybridized carbons (Fsp3) is 0.625. The number of nitrogens with one attached hydrogen (secondary N) is 1. The SMILES string of the molecule is CC1(C)[C@@H]2[C@H]1CN1C[C@@H](c3ccc(Br)cc3)NC[C@@H]21. The van der Waals surface area contributed by atoms with Crippen LogP contribution in [0.5, 0.6) is 0 Å². The zero-order valence-corrected chi connectivity index (χ0v) is 13.2. The number of piperidine rings is 1. The van der Waals surface area contributed by atoms with Gasteiger partial charge >= 0.3 is 0 Å². The first-order valence-electron chi connectivity index (χ1n) is 7.30. The fourth-order valence-electron chi connectivity index (χ4n) is 4.46. The van der Waals surface area contributed by atoms with Crippen molar-refractivity contribution in [3.05, 3.63) is 34.3 Å². The van der Waals surface area contributed by atoms with Crippen molar-refractivity contribution in [1.82, 2.24) is 10.2 Å². The van der Waals surface area contributed by atoms with Gasteiger partial charge in [0.2, 0.25) is 0 Å². The van der Waals surface area contributed by atoms with Crippen molar-refractivity contribution in [2.75, 3.05) is 19.6 Å². The van der Waals surface area contributed by atoms with Gasteiger partial charge in [-0.25, -0.2) is 0 Å².